The van der Waals surface area contributed by atoms with Gasteiger partial charge in [0.05, 0.1) is 0 Å². The zero-order chi connectivity index (χ0) is 20.5. The summed E-state index contributed by atoms with van der Waals surface area (Å²) in [4.78, 5) is 26.9. The van der Waals surface area contributed by atoms with Crippen LogP contribution in [0.25, 0.3) is 0 Å². The molecule has 0 aliphatic rings. The molecule has 0 radical (unpaired) electrons. The number of hydrogen-bond acceptors (Lipinski definition) is 2. The first kappa shape index (κ1) is 21.9. The van der Waals surface area contributed by atoms with Gasteiger partial charge >= 0.3 is 0 Å². The monoisotopic (exact) mass is 404 g/mol. The minimum atomic E-state index is -0.629. The van der Waals surface area contributed by atoms with Crippen molar-refractivity contribution in [3.63, 3.8) is 0 Å². The van der Waals surface area contributed by atoms with E-state index < -0.39 is 6.04 Å². The second-order valence-corrected chi connectivity index (χ2v) is 7.11. The number of nitrogens with one attached hydrogen (secondary N) is 1. The maximum Gasteiger partial charge on any atom is 0.242 e. The van der Waals surface area contributed by atoms with Crippen LogP contribution in [0.4, 0.5) is 4.39 Å². The Morgan fingerprint density at radius 3 is 2.46 bits per heavy atom. The van der Waals surface area contributed by atoms with Crippen LogP contribution < -0.4 is 5.32 Å². The van der Waals surface area contributed by atoms with Gasteiger partial charge in [0.1, 0.15) is 11.9 Å². The molecule has 0 saturated heterocycles. The molecule has 2 amide bonds. The summed E-state index contributed by atoms with van der Waals surface area (Å²) in [7, 11) is 0. The highest BCUT2D eigenvalue weighted by atomic mass is 35.5. The Labute approximate surface area is 170 Å². The lowest BCUT2D eigenvalue weighted by Gasteiger charge is -2.29. The standard InChI is InChI=1S/C22H26ClFN2O2/c1-3-14-25-22(28)16(2)26(15-17-8-11-19(24)12-9-17)21(27)13-10-18-6-4-5-7-20(18)23/h4-9,11-12,16H,3,10,13-15H2,1-2H3,(H,25,28). The molecule has 0 fully saturated rings. The summed E-state index contributed by atoms with van der Waals surface area (Å²) >= 11 is 6.18. The summed E-state index contributed by atoms with van der Waals surface area (Å²) in [5, 5.41) is 3.45. The Kier molecular flexibility index (Phi) is 8.45. The lowest BCUT2D eigenvalue weighted by atomic mass is 10.1. The van der Waals surface area contributed by atoms with Gasteiger partial charge in [-0.05, 0) is 49.1 Å². The van der Waals surface area contributed by atoms with Crippen molar-refractivity contribution >= 4 is 23.4 Å². The Balaban J connectivity index is 2.13. The zero-order valence-electron chi connectivity index (χ0n) is 16.3. The number of halogens is 2. The van der Waals surface area contributed by atoms with Crippen LogP contribution in [0.2, 0.25) is 5.02 Å². The van der Waals surface area contributed by atoms with Crippen molar-refractivity contribution in [1.82, 2.24) is 10.2 Å². The first-order valence-corrected chi connectivity index (χ1v) is 9.85. The molecule has 0 spiro atoms. The molecule has 2 aromatic rings. The number of amides is 2. The van der Waals surface area contributed by atoms with Gasteiger partial charge in [-0.1, -0.05) is 48.9 Å². The van der Waals surface area contributed by atoms with Gasteiger partial charge in [-0.2, -0.15) is 0 Å². The number of carbonyl (C=O) groups is 2. The maximum absolute atomic E-state index is 13.2. The molecule has 0 aliphatic heterocycles. The summed E-state index contributed by atoms with van der Waals surface area (Å²) in [5.74, 6) is -0.687. The number of carbonyl (C=O) groups excluding carboxylic acids is 2. The maximum atomic E-state index is 13.2. The number of benzene rings is 2. The fourth-order valence-corrected chi connectivity index (χ4v) is 3.08. The van der Waals surface area contributed by atoms with Crippen molar-refractivity contribution in [2.24, 2.45) is 0 Å². The van der Waals surface area contributed by atoms with Crippen LogP contribution in [-0.4, -0.2) is 29.3 Å². The molecule has 2 rings (SSSR count). The summed E-state index contributed by atoms with van der Waals surface area (Å²) in [6.07, 6.45) is 1.54. The Morgan fingerprint density at radius 2 is 1.82 bits per heavy atom. The average Bonchev–Trinajstić information content (AvgIpc) is 2.70. The average molecular weight is 405 g/mol. The normalized spacial score (nSPS) is 11.7. The van der Waals surface area contributed by atoms with Crippen LogP contribution >= 0.6 is 11.6 Å². The van der Waals surface area contributed by atoms with Crippen LogP contribution in [0.1, 0.15) is 37.8 Å². The minimum absolute atomic E-state index is 0.150. The SMILES string of the molecule is CCCNC(=O)C(C)N(Cc1ccc(F)cc1)C(=O)CCc1ccccc1Cl. The molecule has 6 heteroatoms. The summed E-state index contributed by atoms with van der Waals surface area (Å²) in [6.45, 7) is 4.47. The van der Waals surface area contributed by atoms with Crippen LogP contribution in [0.15, 0.2) is 48.5 Å². The van der Waals surface area contributed by atoms with Crippen LogP contribution in [0.5, 0.6) is 0 Å². The highest BCUT2D eigenvalue weighted by molar-refractivity contribution is 6.31. The second-order valence-electron chi connectivity index (χ2n) is 6.71. The molecule has 0 heterocycles. The minimum Gasteiger partial charge on any atom is -0.354 e. The van der Waals surface area contributed by atoms with Crippen molar-refractivity contribution in [3.05, 3.63) is 70.5 Å². The number of rotatable bonds is 9. The number of hydrogen-bond donors (Lipinski definition) is 1. The highest BCUT2D eigenvalue weighted by Crippen LogP contribution is 2.18. The number of nitrogens with zero attached hydrogens (tertiary/aromatic N) is 1. The van der Waals surface area contributed by atoms with Gasteiger partial charge in [-0.25, -0.2) is 4.39 Å². The van der Waals surface area contributed by atoms with Crippen LogP contribution in [-0.2, 0) is 22.6 Å². The van der Waals surface area contributed by atoms with Gasteiger partial charge in [0.25, 0.3) is 0 Å². The predicted octanol–water partition coefficient (Wildman–Crippen LogP) is 4.36. The fraction of sp³-hybridized carbons (Fsp3) is 0.364. The van der Waals surface area contributed by atoms with E-state index in [1.165, 1.54) is 17.0 Å². The lowest BCUT2D eigenvalue weighted by Crippen LogP contribution is -2.47. The molecule has 1 N–H and O–H groups in total. The molecule has 0 aliphatic carbocycles. The Bertz CT molecular complexity index is 795. The molecular formula is C22H26ClFN2O2. The molecule has 2 aromatic carbocycles. The van der Waals surface area contributed by atoms with Gasteiger partial charge in [-0.15, -0.1) is 0 Å². The van der Waals surface area contributed by atoms with E-state index in [4.69, 9.17) is 11.6 Å². The number of aryl methyl sites for hydroxylation is 1. The molecule has 0 bridgehead atoms. The quantitative estimate of drug-likeness (QED) is 0.675. The lowest BCUT2D eigenvalue weighted by molar-refractivity contribution is -0.140. The van der Waals surface area contributed by atoms with Crippen molar-refractivity contribution in [2.45, 2.75) is 45.7 Å². The van der Waals surface area contributed by atoms with Crippen LogP contribution in [0, 0.1) is 5.82 Å². The molecule has 28 heavy (non-hydrogen) atoms. The first-order chi connectivity index (χ1) is 13.4. The van der Waals surface area contributed by atoms with Crippen molar-refractivity contribution in [3.8, 4) is 0 Å². The molecule has 0 saturated carbocycles. The third kappa shape index (κ3) is 6.34. The largest absolute Gasteiger partial charge is 0.354 e. The van der Waals surface area contributed by atoms with E-state index in [0.717, 1.165) is 17.5 Å². The molecule has 4 nitrogen and oxygen atoms in total. The molecular weight excluding hydrogens is 379 g/mol. The molecule has 1 atom stereocenters. The van der Waals surface area contributed by atoms with E-state index in [2.05, 4.69) is 5.32 Å². The van der Waals surface area contributed by atoms with E-state index in [1.54, 1.807) is 25.1 Å². The van der Waals surface area contributed by atoms with Crippen molar-refractivity contribution in [2.75, 3.05) is 6.54 Å². The molecule has 1 unspecified atom stereocenters. The second kappa shape index (κ2) is 10.8. The van der Waals surface area contributed by atoms with Crippen molar-refractivity contribution in [1.29, 1.82) is 0 Å². The third-order valence-electron chi connectivity index (χ3n) is 4.55. The van der Waals surface area contributed by atoms with E-state index >= 15 is 0 Å². The Morgan fingerprint density at radius 1 is 1.14 bits per heavy atom. The highest BCUT2D eigenvalue weighted by Gasteiger charge is 2.25. The summed E-state index contributed by atoms with van der Waals surface area (Å²) in [6, 6.07) is 12.7. The molecule has 150 valence electrons. The van der Waals surface area contributed by atoms with E-state index in [1.807, 2.05) is 25.1 Å². The van der Waals surface area contributed by atoms with Gasteiger partial charge in [0, 0.05) is 24.5 Å². The Hall–Kier alpha value is -2.40. The first-order valence-electron chi connectivity index (χ1n) is 9.47. The van der Waals surface area contributed by atoms with Gasteiger partial charge in [-0.3, -0.25) is 9.59 Å². The smallest absolute Gasteiger partial charge is 0.242 e. The van der Waals surface area contributed by atoms with Crippen LogP contribution in [0.3, 0.4) is 0 Å². The van der Waals surface area contributed by atoms with E-state index in [0.29, 0.717) is 18.0 Å². The summed E-state index contributed by atoms with van der Waals surface area (Å²) in [5.41, 5.74) is 1.66. The van der Waals surface area contributed by atoms with Gasteiger partial charge in [0.15, 0.2) is 0 Å². The topological polar surface area (TPSA) is 49.4 Å². The molecule has 0 aromatic heterocycles. The predicted molar refractivity (Wildman–Crippen MR) is 109 cm³/mol. The zero-order valence-corrected chi connectivity index (χ0v) is 17.0. The fourth-order valence-electron chi connectivity index (χ4n) is 2.85. The summed E-state index contributed by atoms with van der Waals surface area (Å²) < 4.78 is 13.2. The van der Waals surface area contributed by atoms with E-state index in [9.17, 15) is 14.0 Å². The van der Waals surface area contributed by atoms with Gasteiger partial charge < -0.3 is 10.2 Å². The van der Waals surface area contributed by atoms with Crippen molar-refractivity contribution < 1.29 is 14.0 Å². The van der Waals surface area contributed by atoms with Gasteiger partial charge in [0.2, 0.25) is 11.8 Å². The van der Waals surface area contributed by atoms with E-state index in [-0.39, 0.29) is 30.6 Å². The third-order valence-corrected chi connectivity index (χ3v) is 4.92.